The van der Waals surface area contributed by atoms with Crippen LogP contribution in [0.15, 0.2) is 12.4 Å². The molecule has 1 heterocycles. The molecule has 1 aliphatic heterocycles. The Labute approximate surface area is 190 Å². The van der Waals surface area contributed by atoms with E-state index >= 15 is 0 Å². The van der Waals surface area contributed by atoms with Crippen LogP contribution in [-0.2, 0) is 0 Å². The maximum atomic E-state index is 2.66. The van der Waals surface area contributed by atoms with E-state index < -0.39 is 0 Å². The summed E-state index contributed by atoms with van der Waals surface area (Å²) in [5, 5.41) is 0. The fourth-order valence-corrected chi connectivity index (χ4v) is 4.75. The van der Waals surface area contributed by atoms with Crippen LogP contribution in [0.4, 0.5) is 0 Å². The molecule has 0 bridgehead atoms. The summed E-state index contributed by atoms with van der Waals surface area (Å²) in [6.07, 6.45) is 33.6. The molecule has 0 aliphatic carbocycles. The van der Waals surface area contributed by atoms with Crippen molar-refractivity contribution in [3.05, 3.63) is 12.4 Å². The third-order valence-corrected chi connectivity index (χ3v) is 6.82. The minimum atomic E-state index is 0.644. The molecule has 0 radical (unpaired) electrons. The lowest BCUT2D eigenvalue weighted by atomic mass is 10.1. The van der Waals surface area contributed by atoms with E-state index in [9.17, 15) is 0 Å². The monoisotopic (exact) mass is 420 g/mol. The molecule has 2 nitrogen and oxygen atoms in total. The van der Waals surface area contributed by atoms with Crippen molar-refractivity contribution in [1.29, 1.82) is 0 Å². The Bertz CT molecular complexity index is 379. The lowest BCUT2D eigenvalue weighted by Crippen LogP contribution is -2.39. The first-order chi connectivity index (χ1) is 14.8. The summed E-state index contributed by atoms with van der Waals surface area (Å²) in [4.78, 5) is 5.30. The summed E-state index contributed by atoms with van der Waals surface area (Å²) >= 11 is 0. The first kappa shape index (κ1) is 27.4. The zero-order chi connectivity index (χ0) is 21.7. The fourth-order valence-electron chi connectivity index (χ4n) is 4.75. The van der Waals surface area contributed by atoms with E-state index in [1.54, 1.807) is 0 Å². The van der Waals surface area contributed by atoms with Crippen molar-refractivity contribution in [1.82, 2.24) is 9.80 Å². The lowest BCUT2D eigenvalue weighted by molar-refractivity contribution is 0.136. The van der Waals surface area contributed by atoms with Gasteiger partial charge in [-0.3, -0.25) is 0 Å². The Hall–Kier alpha value is -0.660. The van der Waals surface area contributed by atoms with Crippen molar-refractivity contribution in [3.8, 4) is 0 Å². The second-order valence-corrected chi connectivity index (χ2v) is 9.70. The average molecular weight is 421 g/mol. The van der Waals surface area contributed by atoms with Gasteiger partial charge in [0.1, 0.15) is 6.17 Å². The Kier molecular flexibility index (Phi) is 18.5. The van der Waals surface area contributed by atoms with Gasteiger partial charge in [0.25, 0.3) is 0 Å². The largest absolute Gasteiger partial charge is 0.356 e. The highest BCUT2D eigenvalue weighted by Gasteiger charge is 2.24. The molecule has 0 fully saturated rings. The molecule has 0 amide bonds. The molecule has 30 heavy (non-hydrogen) atoms. The van der Waals surface area contributed by atoms with Gasteiger partial charge in [-0.15, -0.1) is 0 Å². The van der Waals surface area contributed by atoms with Crippen LogP contribution in [0.1, 0.15) is 149 Å². The maximum Gasteiger partial charge on any atom is 0.101 e. The van der Waals surface area contributed by atoms with Gasteiger partial charge in [-0.05, 0) is 25.7 Å². The van der Waals surface area contributed by atoms with Gasteiger partial charge in [0.05, 0.1) is 0 Å². The SMILES string of the molecule is CCCCCCCCCCCCCN1C=CN(CCCC)C1CCCCCCCC. The Morgan fingerprint density at radius 2 is 0.800 bits per heavy atom. The van der Waals surface area contributed by atoms with Crippen molar-refractivity contribution in [2.24, 2.45) is 0 Å². The summed E-state index contributed by atoms with van der Waals surface area (Å²) in [6, 6.07) is 0. The highest BCUT2D eigenvalue weighted by atomic mass is 15.4. The Morgan fingerprint density at radius 3 is 1.27 bits per heavy atom. The third kappa shape index (κ3) is 13.6. The van der Waals surface area contributed by atoms with Crippen LogP contribution < -0.4 is 0 Å². The van der Waals surface area contributed by atoms with E-state index in [0.29, 0.717) is 6.17 Å². The van der Waals surface area contributed by atoms with E-state index in [0.717, 1.165) is 0 Å². The number of unbranched alkanes of at least 4 members (excludes halogenated alkanes) is 16. The smallest absolute Gasteiger partial charge is 0.101 e. The van der Waals surface area contributed by atoms with Gasteiger partial charge in [0, 0.05) is 25.5 Å². The number of hydrogen-bond donors (Lipinski definition) is 0. The average Bonchev–Trinajstić information content (AvgIpc) is 3.14. The minimum Gasteiger partial charge on any atom is -0.356 e. The molecule has 0 aromatic heterocycles. The van der Waals surface area contributed by atoms with Crippen molar-refractivity contribution in [2.75, 3.05) is 13.1 Å². The highest BCUT2D eigenvalue weighted by Crippen LogP contribution is 2.23. The standard InChI is InChI=1S/C28H56N2/c1-4-7-10-12-14-15-16-17-18-20-22-25-30-27-26-29(24-9-6-3)28(30)23-21-19-13-11-8-5-2/h26-28H,4-25H2,1-3H3. The number of rotatable bonds is 22. The van der Waals surface area contributed by atoms with Crippen LogP contribution in [0.5, 0.6) is 0 Å². The molecule has 1 atom stereocenters. The van der Waals surface area contributed by atoms with E-state index in [2.05, 4.69) is 43.0 Å². The summed E-state index contributed by atoms with van der Waals surface area (Å²) in [6.45, 7) is 9.42. The summed E-state index contributed by atoms with van der Waals surface area (Å²) in [5.41, 5.74) is 0. The molecule has 1 rings (SSSR count). The van der Waals surface area contributed by atoms with Crippen LogP contribution in [0.3, 0.4) is 0 Å². The molecule has 1 aliphatic rings. The maximum absolute atomic E-state index is 2.66. The zero-order valence-electron chi connectivity index (χ0n) is 21.2. The molecule has 2 heteroatoms. The second kappa shape index (κ2) is 20.3. The molecular weight excluding hydrogens is 364 g/mol. The predicted octanol–water partition coefficient (Wildman–Crippen LogP) is 9.26. The van der Waals surface area contributed by atoms with E-state index in [-0.39, 0.29) is 0 Å². The molecule has 0 N–H and O–H groups in total. The van der Waals surface area contributed by atoms with Crippen LogP contribution >= 0.6 is 0 Å². The van der Waals surface area contributed by atoms with Crippen LogP contribution in [0.2, 0.25) is 0 Å². The summed E-state index contributed by atoms with van der Waals surface area (Å²) in [5.74, 6) is 0. The van der Waals surface area contributed by atoms with E-state index in [1.165, 1.54) is 142 Å². The zero-order valence-corrected chi connectivity index (χ0v) is 21.2. The van der Waals surface area contributed by atoms with Crippen LogP contribution in [0.25, 0.3) is 0 Å². The minimum absolute atomic E-state index is 0.644. The third-order valence-electron chi connectivity index (χ3n) is 6.82. The number of nitrogens with zero attached hydrogens (tertiary/aromatic N) is 2. The van der Waals surface area contributed by atoms with Gasteiger partial charge < -0.3 is 9.80 Å². The van der Waals surface area contributed by atoms with Crippen LogP contribution in [-0.4, -0.2) is 29.1 Å². The number of hydrogen-bond acceptors (Lipinski definition) is 2. The van der Waals surface area contributed by atoms with Crippen molar-refractivity contribution in [2.45, 2.75) is 155 Å². The summed E-state index contributed by atoms with van der Waals surface area (Å²) in [7, 11) is 0. The first-order valence-corrected chi connectivity index (χ1v) is 14.0. The van der Waals surface area contributed by atoms with E-state index in [4.69, 9.17) is 0 Å². The van der Waals surface area contributed by atoms with Gasteiger partial charge in [0.15, 0.2) is 0 Å². The van der Waals surface area contributed by atoms with Gasteiger partial charge >= 0.3 is 0 Å². The highest BCUT2D eigenvalue weighted by molar-refractivity contribution is 4.96. The summed E-state index contributed by atoms with van der Waals surface area (Å²) < 4.78 is 0. The van der Waals surface area contributed by atoms with Crippen molar-refractivity contribution >= 4 is 0 Å². The molecule has 0 aromatic rings. The molecular formula is C28H56N2. The van der Waals surface area contributed by atoms with Crippen molar-refractivity contribution < 1.29 is 0 Å². The first-order valence-electron chi connectivity index (χ1n) is 14.0. The lowest BCUT2D eigenvalue weighted by Gasteiger charge is -2.33. The molecule has 1 unspecified atom stereocenters. The Morgan fingerprint density at radius 1 is 0.433 bits per heavy atom. The Balaban J connectivity index is 2.14. The molecule has 0 saturated heterocycles. The topological polar surface area (TPSA) is 6.48 Å². The molecule has 0 aromatic carbocycles. The van der Waals surface area contributed by atoms with Gasteiger partial charge in [-0.25, -0.2) is 0 Å². The quantitative estimate of drug-likeness (QED) is 0.161. The normalized spacial score (nSPS) is 16.2. The van der Waals surface area contributed by atoms with Gasteiger partial charge in [-0.1, -0.05) is 124 Å². The molecule has 0 saturated carbocycles. The molecule has 178 valence electrons. The molecule has 0 spiro atoms. The van der Waals surface area contributed by atoms with Crippen LogP contribution in [0, 0.1) is 0 Å². The van der Waals surface area contributed by atoms with E-state index in [1.807, 2.05) is 0 Å². The van der Waals surface area contributed by atoms with Gasteiger partial charge in [-0.2, -0.15) is 0 Å². The second-order valence-electron chi connectivity index (χ2n) is 9.70. The fraction of sp³-hybridized carbons (Fsp3) is 0.929. The van der Waals surface area contributed by atoms with Crippen molar-refractivity contribution in [3.63, 3.8) is 0 Å². The predicted molar refractivity (Wildman–Crippen MR) is 136 cm³/mol. The van der Waals surface area contributed by atoms with Gasteiger partial charge in [0.2, 0.25) is 0 Å².